The van der Waals surface area contributed by atoms with E-state index in [2.05, 4.69) is 20.6 Å². The van der Waals surface area contributed by atoms with E-state index in [1.54, 1.807) is 42.5 Å². The van der Waals surface area contributed by atoms with E-state index in [-0.39, 0.29) is 17.2 Å². The maximum absolute atomic E-state index is 12.3. The average molecular weight is 351 g/mol. The first kappa shape index (κ1) is 16.8. The minimum absolute atomic E-state index is 0.106. The second-order valence-corrected chi connectivity index (χ2v) is 5.13. The molecule has 0 saturated heterocycles. The standard InChI is InChI=1S/C17H13N5O4/c23-16(13-7-3-4-9-18-13)21-12-6-2-1-5-11(12)15-19-10-8-14(20-15)17(24)22(25)26/h1-10,24H,(H,19,20)(H,21,23). The first-order valence-electron chi connectivity index (χ1n) is 7.47. The first-order valence-corrected chi connectivity index (χ1v) is 7.47. The molecule has 130 valence electrons. The lowest BCUT2D eigenvalue weighted by molar-refractivity contribution is -0.460. The number of para-hydroxylation sites is 1. The van der Waals surface area contributed by atoms with Crippen molar-refractivity contribution in [3.8, 4) is 0 Å². The van der Waals surface area contributed by atoms with Crippen LogP contribution in [-0.4, -0.2) is 26.8 Å². The smallest absolute Gasteiger partial charge is 0.449 e. The van der Waals surface area contributed by atoms with Gasteiger partial charge in [-0.05, 0) is 30.3 Å². The van der Waals surface area contributed by atoms with Crippen molar-refractivity contribution in [2.75, 3.05) is 5.32 Å². The van der Waals surface area contributed by atoms with Crippen LogP contribution in [0.1, 0.15) is 16.1 Å². The van der Waals surface area contributed by atoms with Crippen molar-refractivity contribution in [3.63, 3.8) is 0 Å². The fourth-order valence-corrected chi connectivity index (χ4v) is 2.24. The molecule has 0 fully saturated rings. The maximum atomic E-state index is 12.3. The molecule has 9 nitrogen and oxygen atoms in total. The number of aliphatic imine (C=N–C) groups is 1. The number of carbonyl (C=O) groups is 1. The number of aliphatic hydroxyl groups is 1. The van der Waals surface area contributed by atoms with Crippen LogP contribution in [0.25, 0.3) is 0 Å². The molecule has 0 atom stereocenters. The largest absolute Gasteiger partial charge is 0.454 e. The first-order chi connectivity index (χ1) is 12.6. The number of hydrogen-bond acceptors (Lipinski definition) is 7. The van der Waals surface area contributed by atoms with E-state index in [0.29, 0.717) is 11.3 Å². The third-order valence-electron chi connectivity index (χ3n) is 3.44. The molecule has 2 aromatic rings. The summed E-state index contributed by atoms with van der Waals surface area (Å²) in [6.07, 6.45) is 4.10. The van der Waals surface area contributed by atoms with Crippen LogP contribution in [0, 0.1) is 10.1 Å². The lowest BCUT2D eigenvalue weighted by Crippen LogP contribution is -2.28. The second kappa shape index (κ2) is 7.26. The van der Waals surface area contributed by atoms with Gasteiger partial charge in [-0.3, -0.25) is 19.9 Å². The summed E-state index contributed by atoms with van der Waals surface area (Å²) in [5, 5.41) is 25.7. The highest BCUT2D eigenvalue weighted by molar-refractivity contribution is 6.10. The molecule has 1 amide bonds. The number of allylic oxidation sites excluding steroid dienone is 1. The fraction of sp³-hybridized carbons (Fsp3) is 0. The predicted octanol–water partition coefficient (Wildman–Crippen LogP) is 2.20. The quantitative estimate of drug-likeness (QED) is 0.440. The number of hydrogen-bond donors (Lipinski definition) is 3. The number of pyridine rings is 1. The van der Waals surface area contributed by atoms with E-state index in [1.165, 1.54) is 18.5 Å². The third kappa shape index (κ3) is 3.56. The third-order valence-corrected chi connectivity index (χ3v) is 3.44. The van der Waals surface area contributed by atoms with Crippen LogP contribution in [0.15, 0.2) is 77.5 Å². The number of benzene rings is 1. The Morgan fingerprint density at radius 2 is 1.96 bits per heavy atom. The Morgan fingerprint density at radius 3 is 2.69 bits per heavy atom. The molecule has 26 heavy (non-hydrogen) atoms. The van der Waals surface area contributed by atoms with Gasteiger partial charge in [0.15, 0.2) is 5.70 Å². The number of anilines is 1. The molecule has 2 heterocycles. The zero-order valence-corrected chi connectivity index (χ0v) is 13.3. The number of amidine groups is 1. The molecule has 1 aromatic carbocycles. The minimum atomic E-state index is -1.02. The van der Waals surface area contributed by atoms with Crippen molar-refractivity contribution in [2.24, 2.45) is 4.99 Å². The number of nitrogens with one attached hydrogen (secondary N) is 2. The van der Waals surface area contributed by atoms with E-state index < -0.39 is 16.7 Å². The Balaban J connectivity index is 1.90. The van der Waals surface area contributed by atoms with Crippen molar-refractivity contribution in [2.45, 2.75) is 0 Å². The van der Waals surface area contributed by atoms with Gasteiger partial charge in [0.05, 0.1) is 5.69 Å². The zero-order valence-electron chi connectivity index (χ0n) is 13.3. The summed E-state index contributed by atoms with van der Waals surface area (Å²) in [7, 11) is 0. The molecule has 3 N–H and O–H groups in total. The van der Waals surface area contributed by atoms with Gasteiger partial charge in [-0.1, -0.05) is 18.2 Å². The lowest BCUT2D eigenvalue weighted by atomic mass is 10.1. The van der Waals surface area contributed by atoms with Gasteiger partial charge in [-0.2, -0.15) is 0 Å². The molecular formula is C17H13N5O4. The van der Waals surface area contributed by atoms with Crippen LogP contribution in [-0.2, 0) is 0 Å². The molecular weight excluding hydrogens is 338 g/mol. The van der Waals surface area contributed by atoms with E-state index in [9.17, 15) is 20.0 Å². The van der Waals surface area contributed by atoms with Gasteiger partial charge in [0.25, 0.3) is 5.91 Å². The molecule has 9 heteroatoms. The van der Waals surface area contributed by atoms with Crippen molar-refractivity contribution in [1.29, 1.82) is 0 Å². The van der Waals surface area contributed by atoms with Crippen LogP contribution in [0.5, 0.6) is 0 Å². The number of nitrogens with zero attached hydrogens (tertiary/aromatic N) is 3. The van der Waals surface area contributed by atoms with Gasteiger partial charge in [0.1, 0.15) is 16.5 Å². The maximum Gasteiger partial charge on any atom is 0.449 e. The van der Waals surface area contributed by atoms with Crippen LogP contribution < -0.4 is 10.6 Å². The van der Waals surface area contributed by atoms with Gasteiger partial charge in [-0.25, -0.2) is 4.99 Å². The summed E-state index contributed by atoms with van der Waals surface area (Å²) in [4.78, 5) is 30.3. The summed E-state index contributed by atoms with van der Waals surface area (Å²) in [5.41, 5.74) is 1.07. The number of nitro groups is 1. The highest BCUT2D eigenvalue weighted by Crippen LogP contribution is 2.19. The molecule has 0 spiro atoms. The number of amides is 1. The Hall–Kier alpha value is -4.01. The molecule has 1 aliphatic heterocycles. The fourth-order valence-electron chi connectivity index (χ4n) is 2.24. The molecule has 0 unspecified atom stereocenters. The number of aromatic nitrogens is 1. The highest BCUT2D eigenvalue weighted by atomic mass is 16.7. The normalized spacial score (nSPS) is 14.8. The van der Waals surface area contributed by atoms with E-state index >= 15 is 0 Å². The zero-order chi connectivity index (χ0) is 18.5. The highest BCUT2D eigenvalue weighted by Gasteiger charge is 2.21. The minimum Gasteiger partial charge on any atom is -0.454 e. The summed E-state index contributed by atoms with van der Waals surface area (Å²) in [6.45, 7) is 0. The SMILES string of the molecule is O=C(Nc1ccccc1C1=NC=CC(=C(O)[N+](=O)[O-])N1)c1ccccn1. The summed E-state index contributed by atoms with van der Waals surface area (Å²) in [6, 6.07) is 11.8. The summed E-state index contributed by atoms with van der Waals surface area (Å²) in [5.74, 6) is -1.19. The molecule has 3 rings (SSSR count). The Bertz CT molecular complexity index is 951. The molecule has 0 aliphatic carbocycles. The number of aliphatic hydroxyl groups excluding tert-OH is 1. The number of rotatable bonds is 4. The van der Waals surface area contributed by atoms with Crippen molar-refractivity contribution >= 4 is 17.4 Å². The summed E-state index contributed by atoms with van der Waals surface area (Å²) < 4.78 is 0. The van der Waals surface area contributed by atoms with E-state index in [4.69, 9.17) is 0 Å². The molecule has 0 radical (unpaired) electrons. The Morgan fingerprint density at radius 1 is 1.19 bits per heavy atom. The van der Waals surface area contributed by atoms with Gasteiger partial charge < -0.3 is 15.7 Å². The Labute approximate surface area is 147 Å². The Kier molecular flexibility index (Phi) is 4.70. The summed E-state index contributed by atoms with van der Waals surface area (Å²) >= 11 is 0. The van der Waals surface area contributed by atoms with Gasteiger partial charge in [0, 0.05) is 18.0 Å². The predicted molar refractivity (Wildman–Crippen MR) is 94.1 cm³/mol. The van der Waals surface area contributed by atoms with Crippen LogP contribution in [0.3, 0.4) is 0 Å². The average Bonchev–Trinajstić information content (AvgIpc) is 2.68. The van der Waals surface area contributed by atoms with Crippen molar-refractivity contribution < 1.29 is 14.8 Å². The lowest BCUT2D eigenvalue weighted by Gasteiger charge is -2.16. The molecule has 1 aromatic heterocycles. The van der Waals surface area contributed by atoms with Gasteiger partial charge in [0.2, 0.25) is 0 Å². The van der Waals surface area contributed by atoms with Gasteiger partial charge in [-0.15, -0.1) is 0 Å². The monoisotopic (exact) mass is 351 g/mol. The van der Waals surface area contributed by atoms with Crippen LogP contribution >= 0.6 is 0 Å². The second-order valence-electron chi connectivity index (χ2n) is 5.13. The molecule has 1 aliphatic rings. The number of carbonyl (C=O) groups excluding carboxylic acids is 1. The van der Waals surface area contributed by atoms with E-state index in [1.807, 2.05) is 0 Å². The van der Waals surface area contributed by atoms with Crippen molar-refractivity contribution in [1.82, 2.24) is 10.3 Å². The van der Waals surface area contributed by atoms with Gasteiger partial charge >= 0.3 is 5.88 Å². The molecule has 0 saturated carbocycles. The van der Waals surface area contributed by atoms with Crippen molar-refractivity contribution in [3.05, 3.63) is 93.9 Å². The topological polar surface area (TPSA) is 130 Å². The van der Waals surface area contributed by atoms with Crippen LogP contribution in [0.4, 0.5) is 5.69 Å². The molecule has 0 bridgehead atoms. The van der Waals surface area contributed by atoms with E-state index in [0.717, 1.165) is 0 Å². The van der Waals surface area contributed by atoms with Crippen LogP contribution in [0.2, 0.25) is 0 Å².